The van der Waals surface area contributed by atoms with Crippen molar-refractivity contribution in [2.24, 2.45) is 0 Å². The van der Waals surface area contributed by atoms with Crippen molar-refractivity contribution in [1.29, 1.82) is 0 Å². The van der Waals surface area contributed by atoms with Crippen LogP contribution in [0.3, 0.4) is 0 Å². The summed E-state index contributed by atoms with van der Waals surface area (Å²) in [7, 11) is 0. The number of nitrogens with zero attached hydrogens (tertiary/aromatic N) is 1. The largest absolute Gasteiger partial charge is 0.480 e. The number of hydrogen-bond acceptors (Lipinski definition) is 4. The maximum absolute atomic E-state index is 12.1. The highest BCUT2D eigenvalue weighted by Gasteiger charge is 2.46. The van der Waals surface area contributed by atoms with Crippen LogP contribution < -0.4 is 0 Å². The Labute approximate surface area is 104 Å². The second kappa shape index (κ2) is 4.53. The molecule has 2 rings (SSSR count). The van der Waals surface area contributed by atoms with E-state index in [0.717, 1.165) is 12.8 Å². The van der Waals surface area contributed by atoms with Gasteiger partial charge in [0.05, 0.1) is 6.10 Å². The summed E-state index contributed by atoms with van der Waals surface area (Å²) < 4.78 is 0. The van der Waals surface area contributed by atoms with Crippen LogP contribution in [0.4, 0.5) is 0 Å². The van der Waals surface area contributed by atoms with Gasteiger partial charge in [-0.25, -0.2) is 4.79 Å². The molecule has 0 aromatic carbocycles. The smallest absolute Gasteiger partial charge is 0.329 e. The van der Waals surface area contributed by atoms with Gasteiger partial charge in [0.2, 0.25) is 0 Å². The topological polar surface area (TPSA) is 94.9 Å². The van der Waals surface area contributed by atoms with E-state index in [1.165, 1.54) is 6.92 Å². The lowest BCUT2D eigenvalue weighted by Crippen LogP contribution is -2.51. The third-order valence-corrected chi connectivity index (χ3v) is 3.41. The molecule has 2 amide bonds. The van der Waals surface area contributed by atoms with E-state index in [1.54, 1.807) is 0 Å². The minimum Gasteiger partial charge on any atom is -0.480 e. The lowest BCUT2D eigenvalue weighted by atomic mass is 9.93. The first kappa shape index (κ1) is 12.8. The van der Waals surface area contributed by atoms with E-state index in [4.69, 9.17) is 5.11 Å². The molecular weight excluding hydrogens is 238 g/mol. The molecule has 1 heterocycles. The summed E-state index contributed by atoms with van der Waals surface area (Å²) in [6.45, 7) is 1.26. The number of hydrogen-bond donors (Lipinski definition) is 2. The number of aliphatic hydroxyl groups is 1. The minimum absolute atomic E-state index is 0.429. The summed E-state index contributed by atoms with van der Waals surface area (Å²) in [5, 5.41) is 18.5. The molecule has 0 bridgehead atoms. The number of carboxylic acids is 1. The number of carbonyl (C=O) groups is 3. The fourth-order valence-corrected chi connectivity index (χ4v) is 2.55. The van der Waals surface area contributed by atoms with E-state index in [-0.39, 0.29) is 0 Å². The Morgan fingerprint density at radius 1 is 1.17 bits per heavy atom. The molecule has 1 aliphatic carbocycles. The van der Waals surface area contributed by atoms with Crippen molar-refractivity contribution >= 4 is 17.8 Å². The molecule has 0 saturated carbocycles. The highest BCUT2D eigenvalue weighted by molar-refractivity contribution is 6.20. The van der Waals surface area contributed by atoms with E-state index in [2.05, 4.69) is 0 Å². The van der Waals surface area contributed by atoms with E-state index < -0.39 is 29.9 Å². The Balaban J connectivity index is 2.35. The van der Waals surface area contributed by atoms with Gasteiger partial charge in [0, 0.05) is 11.1 Å². The highest BCUT2D eigenvalue weighted by atomic mass is 16.4. The molecule has 0 aromatic heterocycles. The first-order valence-electron chi connectivity index (χ1n) is 5.96. The van der Waals surface area contributed by atoms with E-state index in [0.29, 0.717) is 28.9 Å². The van der Waals surface area contributed by atoms with Gasteiger partial charge >= 0.3 is 5.97 Å². The Hall–Kier alpha value is -1.69. The summed E-state index contributed by atoms with van der Waals surface area (Å²) in [4.78, 5) is 35.9. The van der Waals surface area contributed by atoms with Crippen LogP contribution in [0.2, 0.25) is 0 Å². The van der Waals surface area contributed by atoms with Gasteiger partial charge in [-0.15, -0.1) is 0 Å². The minimum atomic E-state index is -1.50. The second-order valence-electron chi connectivity index (χ2n) is 4.67. The van der Waals surface area contributed by atoms with Crippen LogP contribution in [-0.2, 0) is 14.4 Å². The van der Waals surface area contributed by atoms with Gasteiger partial charge in [-0.2, -0.15) is 0 Å². The van der Waals surface area contributed by atoms with Gasteiger partial charge in [0.25, 0.3) is 11.8 Å². The molecule has 2 aliphatic rings. The number of imide groups is 1. The SMILES string of the molecule is C[C@@H](O)[C@@H](C(=O)O)N1C(=O)C2=C(CCCC2)C1=O. The molecule has 98 valence electrons. The van der Waals surface area contributed by atoms with Gasteiger partial charge in [-0.1, -0.05) is 0 Å². The van der Waals surface area contributed by atoms with Crippen molar-refractivity contribution in [3.05, 3.63) is 11.1 Å². The monoisotopic (exact) mass is 253 g/mol. The van der Waals surface area contributed by atoms with Crippen molar-refractivity contribution in [3.63, 3.8) is 0 Å². The molecule has 0 saturated heterocycles. The van der Waals surface area contributed by atoms with Crippen molar-refractivity contribution in [2.45, 2.75) is 44.8 Å². The molecule has 18 heavy (non-hydrogen) atoms. The molecule has 6 heteroatoms. The normalized spacial score (nSPS) is 23.1. The van der Waals surface area contributed by atoms with E-state index >= 15 is 0 Å². The predicted molar refractivity (Wildman–Crippen MR) is 60.5 cm³/mol. The molecule has 1 aliphatic heterocycles. The predicted octanol–water partition coefficient (Wildman–Crippen LogP) is 0.0598. The van der Waals surface area contributed by atoms with Crippen LogP contribution in [0.5, 0.6) is 0 Å². The second-order valence-corrected chi connectivity index (χ2v) is 4.67. The van der Waals surface area contributed by atoms with Crippen LogP contribution >= 0.6 is 0 Å². The molecule has 0 aromatic rings. The van der Waals surface area contributed by atoms with Crippen LogP contribution in [0, 0.1) is 0 Å². The van der Waals surface area contributed by atoms with Gasteiger partial charge < -0.3 is 10.2 Å². The lowest BCUT2D eigenvalue weighted by Gasteiger charge is -2.25. The van der Waals surface area contributed by atoms with Crippen LogP contribution in [-0.4, -0.2) is 45.0 Å². The number of rotatable bonds is 3. The summed E-state index contributed by atoms with van der Waals surface area (Å²) in [6, 6.07) is -1.50. The highest BCUT2D eigenvalue weighted by Crippen LogP contribution is 2.34. The molecule has 0 radical (unpaired) electrons. The van der Waals surface area contributed by atoms with Gasteiger partial charge in [0.15, 0.2) is 6.04 Å². The standard InChI is InChI=1S/C12H15NO5/c1-6(14)9(12(17)18)13-10(15)7-4-2-3-5-8(7)11(13)16/h6,9,14H,2-5H2,1H3,(H,17,18)/t6-,9+/m1/s1. The summed E-state index contributed by atoms with van der Waals surface area (Å²) >= 11 is 0. The quantitative estimate of drug-likeness (QED) is 0.693. The summed E-state index contributed by atoms with van der Waals surface area (Å²) in [5.74, 6) is -2.47. The van der Waals surface area contributed by atoms with Crippen LogP contribution in [0.1, 0.15) is 32.6 Å². The molecule has 0 spiro atoms. The Kier molecular flexibility index (Phi) is 3.21. The Morgan fingerprint density at radius 3 is 1.94 bits per heavy atom. The number of aliphatic carboxylic acids is 1. The lowest BCUT2D eigenvalue weighted by molar-refractivity contribution is -0.158. The first-order chi connectivity index (χ1) is 8.45. The Morgan fingerprint density at radius 2 is 1.61 bits per heavy atom. The zero-order valence-electron chi connectivity index (χ0n) is 10.0. The third-order valence-electron chi connectivity index (χ3n) is 3.41. The van der Waals surface area contributed by atoms with Gasteiger partial charge in [-0.3, -0.25) is 14.5 Å². The fraction of sp³-hybridized carbons (Fsp3) is 0.583. The van der Waals surface area contributed by atoms with Crippen molar-refractivity contribution < 1.29 is 24.6 Å². The van der Waals surface area contributed by atoms with Gasteiger partial charge in [0.1, 0.15) is 0 Å². The Bertz CT molecular complexity index is 423. The zero-order valence-corrected chi connectivity index (χ0v) is 10.0. The average molecular weight is 253 g/mol. The third kappa shape index (κ3) is 1.82. The number of amides is 2. The maximum atomic E-state index is 12.1. The summed E-state index contributed by atoms with van der Waals surface area (Å²) in [5.41, 5.74) is 0.858. The number of carboxylic acid groups (broad SMARTS) is 1. The van der Waals surface area contributed by atoms with E-state index in [9.17, 15) is 19.5 Å². The average Bonchev–Trinajstić information content (AvgIpc) is 2.55. The number of aliphatic hydroxyl groups excluding tert-OH is 1. The van der Waals surface area contributed by atoms with E-state index in [1.807, 2.05) is 0 Å². The van der Waals surface area contributed by atoms with Crippen LogP contribution in [0.15, 0.2) is 11.1 Å². The molecule has 0 unspecified atom stereocenters. The molecule has 0 fully saturated rings. The van der Waals surface area contributed by atoms with Crippen molar-refractivity contribution in [3.8, 4) is 0 Å². The van der Waals surface area contributed by atoms with Crippen molar-refractivity contribution in [2.75, 3.05) is 0 Å². The maximum Gasteiger partial charge on any atom is 0.329 e. The fourth-order valence-electron chi connectivity index (χ4n) is 2.55. The molecule has 6 nitrogen and oxygen atoms in total. The first-order valence-corrected chi connectivity index (χ1v) is 5.96. The van der Waals surface area contributed by atoms with Crippen LogP contribution in [0.25, 0.3) is 0 Å². The summed E-state index contributed by atoms with van der Waals surface area (Å²) in [6.07, 6.45) is 1.40. The number of carbonyl (C=O) groups excluding carboxylic acids is 2. The zero-order chi connectivity index (χ0) is 13.4. The molecule has 2 atom stereocenters. The van der Waals surface area contributed by atoms with Crippen molar-refractivity contribution in [1.82, 2.24) is 4.90 Å². The molecule has 2 N–H and O–H groups in total. The van der Waals surface area contributed by atoms with Gasteiger partial charge in [-0.05, 0) is 32.6 Å². The molecular formula is C12H15NO5.